The second-order valence-corrected chi connectivity index (χ2v) is 6.56. The maximum Gasteiger partial charge on any atom is 0.247 e. The van der Waals surface area contributed by atoms with Crippen LogP contribution in [0.5, 0.6) is 0 Å². The molecular weight excluding hydrogens is 320 g/mol. The van der Waals surface area contributed by atoms with Gasteiger partial charge in [0, 0.05) is 23.5 Å². The Bertz CT molecular complexity index is 997. The van der Waals surface area contributed by atoms with Gasteiger partial charge in [-0.1, -0.05) is 12.5 Å². The first kappa shape index (κ1) is 16.0. The lowest BCUT2D eigenvalue weighted by Crippen LogP contribution is -2.07. The standard InChI is InChI=1S/C18H16N4OS/c1-5-16(23)21-14-8-15-13(10-22(4)18(15)19-9-14)6-7-17-20-11(2)12(3)24-17/h5,8-10H,1H2,2-4H3,(H,21,23). The van der Waals surface area contributed by atoms with Gasteiger partial charge < -0.3 is 9.88 Å². The molecule has 0 saturated carbocycles. The summed E-state index contributed by atoms with van der Waals surface area (Å²) < 4.78 is 1.91. The molecule has 0 unspecified atom stereocenters. The number of anilines is 1. The van der Waals surface area contributed by atoms with Crippen LogP contribution < -0.4 is 5.32 Å². The molecule has 0 atom stereocenters. The zero-order valence-corrected chi connectivity index (χ0v) is 14.5. The molecule has 0 aromatic carbocycles. The number of nitrogens with zero attached hydrogens (tertiary/aromatic N) is 3. The maximum atomic E-state index is 11.5. The van der Waals surface area contributed by atoms with Gasteiger partial charge in [-0.25, -0.2) is 9.97 Å². The highest BCUT2D eigenvalue weighted by Crippen LogP contribution is 2.22. The van der Waals surface area contributed by atoms with Crippen molar-refractivity contribution in [2.24, 2.45) is 7.05 Å². The quantitative estimate of drug-likeness (QED) is 0.577. The Balaban J connectivity index is 2.03. The largest absolute Gasteiger partial charge is 0.334 e. The Hall–Kier alpha value is -2.91. The average molecular weight is 336 g/mol. The molecule has 0 aliphatic rings. The van der Waals surface area contributed by atoms with E-state index >= 15 is 0 Å². The lowest BCUT2D eigenvalue weighted by molar-refractivity contribution is -0.111. The van der Waals surface area contributed by atoms with E-state index in [1.807, 2.05) is 37.7 Å². The minimum Gasteiger partial charge on any atom is -0.334 e. The number of carbonyl (C=O) groups is 1. The maximum absolute atomic E-state index is 11.5. The summed E-state index contributed by atoms with van der Waals surface area (Å²) in [5, 5.41) is 4.40. The van der Waals surface area contributed by atoms with Crippen molar-refractivity contribution in [3.05, 3.63) is 52.3 Å². The first-order valence-corrected chi connectivity index (χ1v) is 8.14. The van der Waals surface area contributed by atoms with Crippen molar-refractivity contribution in [3.8, 4) is 11.8 Å². The third kappa shape index (κ3) is 3.07. The van der Waals surface area contributed by atoms with Crippen LogP contribution in [0.25, 0.3) is 11.0 Å². The normalized spacial score (nSPS) is 10.3. The van der Waals surface area contributed by atoms with Crippen LogP contribution in [0.15, 0.2) is 31.1 Å². The van der Waals surface area contributed by atoms with E-state index in [0.29, 0.717) is 5.69 Å². The van der Waals surface area contributed by atoms with Gasteiger partial charge in [0.1, 0.15) is 5.65 Å². The fourth-order valence-corrected chi connectivity index (χ4v) is 3.04. The first-order valence-electron chi connectivity index (χ1n) is 7.32. The fraction of sp³-hybridized carbons (Fsp3) is 0.167. The second kappa shape index (κ2) is 6.30. The monoisotopic (exact) mass is 336 g/mol. The third-order valence-corrected chi connectivity index (χ3v) is 4.59. The Morgan fingerprint density at radius 1 is 1.42 bits per heavy atom. The molecule has 0 aliphatic carbocycles. The van der Waals surface area contributed by atoms with Crippen molar-refractivity contribution < 1.29 is 4.79 Å². The number of fused-ring (bicyclic) bond motifs is 1. The van der Waals surface area contributed by atoms with Crippen LogP contribution in [0.2, 0.25) is 0 Å². The minimum atomic E-state index is -0.270. The smallest absolute Gasteiger partial charge is 0.247 e. The Morgan fingerprint density at radius 2 is 2.21 bits per heavy atom. The lowest BCUT2D eigenvalue weighted by Gasteiger charge is -2.02. The zero-order valence-electron chi connectivity index (χ0n) is 13.7. The van der Waals surface area contributed by atoms with Gasteiger partial charge in [0.05, 0.1) is 23.1 Å². The lowest BCUT2D eigenvalue weighted by atomic mass is 10.2. The van der Waals surface area contributed by atoms with Crippen LogP contribution in [0.1, 0.15) is 21.1 Å². The number of rotatable bonds is 2. The molecule has 120 valence electrons. The predicted octanol–water partition coefficient (Wildman–Crippen LogP) is 3.17. The summed E-state index contributed by atoms with van der Waals surface area (Å²) in [4.78, 5) is 21.5. The second-order valence-electron chi connectivity index (χ2n) is 5.35. The van der Waals surface area contributed by atoms with Gasteiger partial charge in [0.2, 0.25) is 5.91 Å². The van der Waals surface area contributed by atoms with Crippen LogP contribution in [0.3, 0.4) is 0 Å². The molecule has 3 aromatic rings. The molecular formula is C18H16N4OS. The fourth-order valence-electron chi connectivity index (χ4n) is 2.27. The number of carbonyl (C=O) groups excluding carboxylic acids is 1. The number of amides is 1. The molecule has 24 heavy (non-hydrogen) atoms. The topological polar surface area (TPSA) is 59.8 Å². The van der Waals surface area contributed by atoms with E-state index in [-0.39, 0.29) is 5.91 Å². The number of pyridine rings is 1. The highest BCUT2D eigenvalue weighted by Gasteiger charge is 2.08. The zero-order chi connectivity index (χ0) is 17.3. The molecule has 6 heteroatoms. The highest BCUT2D eigenvalue weighted by atomic mass is 32.1. The Morgan fingerprint density at radius 3 is 2.88 bits per heavy atom. The molecule has 3 rings (SSSR count). The van der Waals surface area contributed by atoms with Crippen molar-refractivity contribution in [2.45, 2.75) is 13.8 Å². The Kier molecular flexibility index (Phi) is 4.19. The molecule has 1 N–H and O–H groups in total. The predicted molar refractivity (Wildman–Crippen MR) is 97.1 cm³/mol. The SMILES string of the molecule is C=CC(=O)Nc1cnc2c(c1)c(C#Cc1nc(C)c(C)s1)cn2C. The number of aromatic nitrogens is 3. The van der Waals surface area contributed by atoms with Crippen molar-refractivity contribution in [1.82, 2.24) is 14.5 Å². The highest BCUT2D eigenvalue weighted by molar-refractivity contribution is 7.12. The summed E-state index contributed by atoms with van der Waals surface area (Å²) in [6.07, 6.45) is 4.77. The molecule has 3 heterocycles. The molecule has 0 radical (unpaired) electrons. The third-order valence-electron chi connectivity index (χ3n) is 3.60. The van der Waals surface area contributed by atoms with Crippen molar-refractivity contribution in [2.75, 3.05) is 5.32 Å². The van der Waals surface area contributed by atoms with E-state index in [0.717, 1.165) is 27.3 Å². The van der Waals surface area contributed by atoms with E-state index in [2.05, 4.69) is 33.7 Å². The molecule has 5 nitrogen and oxygen atoms in total. The van der Waals surface area contributed by atoms with Crippen LogP contribution in [-0.2, 0) is 11.8 Å². The van der Waals surface area contributed by atoms with Crippen LogP contribution in [-0.4, -0.2) is 20.4 Å². The molecule has 0 aliphatic heterocycles. The van der Waals surface area contributed by atoms with E-state index in [9.17, 15) is 4.79 Å². The summed E-state index contributed by atoms with van der Waals surface area (Å²) in [5.74, 6) is 6.01. The molecule has 3 aromatic heterocycles. The molecule has 0 spiro atoms. The van der Waals surface area contributed by atoms with E-state index in [1.165, 1.54) is 11.0 Å². The first-order chi connectivity index (χ1) is 11.5. The summed E-state index contributed by atoms with van der Waals surface area (Å²) in [7, 11) is 1.92. The summed E-state index contributed by atoms with van der Waals surface area (Å²) in [6, 6.07) is 1.87. The van der Waals surface area contributed by atoms with Crippen LogP contribution in [0.4, 0.5) is 5.69 Å². The number of aryl methyl sites for hydroxylation is 3. The minimum absolute atomic E-state index is 0.270. The number of nitrogens with one attached hydrogen (secondary N) is 1. The Labute approximate surface area is 144 Å². The molecule has 1 amide bonds. The van der Waals surface area contributed by atoms with Gasteiger partial charge >= 0.3 is 0 Å². The summed E-state index contributed by atoms with van der Waals surface area (Å²) in [6.45, 7) is 7.46. The van der Waals surface area contributed by atoms with Crippen LogP contribution in [0, 0.1) is 25.7 Å². The van der Waals surface area contributed by atoms with Gasteiger partial charge in [-0.05, 0) is 31.9 Å². The van der Waals surface area contributed by atoms with Crippen molar-refractivity contribution in [1.29, 1.82) is 0 Å². The van der Waals surface area contributed by atoms with Gasteiger partial charge in [-0.2, -0.15) is 0 Å². The van der Waals surface area contributed by atoms with Gasteiger partial charge in [0.15, 0.2) is 5.01 Å². The van der Waals surface area contributed by atoms with E-state index in [1.54, 1.807) is 17.5 Å². The van der Waals surface area contributed by atoms with Crippen molar-refractivity contribution >= 4 is 34.0 Å². The van der Waals surface area contributed by atoms with Gasteiger partial charge in [-0.3, -0.25) is 4.79 Å². The average Bonchev–Trinajstić information content (AvgIpc) is 3.05. The number of hydrogen-bond donors (Lipinski definition) is 1. The summed E-state index contributed by atoms with van der Waals surface area (Å²) in [5.41, 5.74) is 3.28. The van der Waals surface area contributed by atoms with E-state index < -0.39 is 0 Å². The number of thiazole rings is 1. The molecule has 0 fully saturated rings. The number of hydrogen-bond acceptors (Lipinski definition) is 4. The van der Waals surface area contributed by atoms with Gasteiger partial charge in [0.25, 0.3) is 0 Å². The van der Waals surface area contributed by atoms with Crippen molar-refractivity contribution in [3.63, 3.8) is 0 Å². The van der Waals surface area contributed by atoms with Gasteiger partial charge in [-0.15, -0.1) is 11.3 Å². The van der Waals surface area contributed by atoms with E-state index in [4.69, 9.17) is 0 Å². The summed E-state index contributed by atoms with van der Waals surface area (Å²) >= 11 is 1.59. The van der Waals surface area contributed by atoms with Crippen LogP contribution >= 0.6 is 11.3 Å². The molecule has 0 saturated heterocycles. The molecule has 0 bridgehead atoms.